The third-order valence-corrected chi connectivity index (χ3v) is 2.46. The lowest BCUT2D eigenvalue weighted by Crippen LogP contribution is -2.16. The summed E-state index contributed by atoms with van der Waals surface area (Å²) >= 11 is 0. The maximum absolute atomic E-state index is 12.1. The standard InChI is InChI=1S/C12H9F3O4/c1-6-10(11(16)17-2)8-4-3-7(5-9(8)18-6)19-12(13,14)15/h3-5H,1-2H3. The van der Waals surface area contributed by atoms with E-state index in [-0.39, 0.29) is 16.9 Å². The smallest absolute Gasteiger partial charge is 0.465 e. The quantitative estimate of drug-likeness (QED) is 0.787. The third-order valence-electron chi connectivity index (χ3n) is 2.46. The molecule has 0 aliphatic carbocycles. The zero-order valence-corrected chi connectivity index (χ0v) is 10.00. The summed E-state index contributed by atoms with van der Waals surface area (Å²) < 4.78 is 49.8. The lowest BCUT2D eigenvalue weighted by atomic mass is 10.1. The van der Waals surface area contributed by atoms with Gasteiger partial charge in [0.25, 0.3) is 0 Å². The highest BCUT2D eigenvalue weighted by atomic mass is 19.4. The first-order valence-electron chi connectivity index (χ1n) is 5.19. The summed E-state index contributed by atoms with van der Waals surface area (Å²) in [6, 6.07) is 3.50. The maximum atomic E-state index is 12.1. The van der Waals surface area contributed by atoms with Crippen molar-refractivity contribution in [2.45, 2.75) is 13.3 Å². The van der Waals surface area contributed by atoms with Gasteiger partial charge in [-0.15, -0.1) is 13.2 Å². The Kier molecular flexibility index (Phi) is 3.13. The molecule has 0 radical (unpaired) electrons. The van der Waals surface area contributed by atoms with Crippen LogP contribution in [-0.4, -0.2) is 19.4 Å². The van der Waals surface area contributed by atoms with E-state index in [9.17, 15) is 18.0 Å². The molecule has 0 amide bonds. The van der Waals surface area contributed by atoms with E-state index in [1.54, 1.807) is 0 Å². The molecule has 0 aliphatic rings. The predicted octanol–water partition coefficient (Wildman–Crippen LogP) is 3.43. The Hall–Kier alpha value is -2.18. The minimum Gasteiger partial charge on any atom is -0.465 e. The van der Waals surface area contributed by atoms with Crippen molar-refractivity contribution in [1.82, 2.24) is 0 Å². The van der Waals surface area contributed by atoms with Crippen LogP contribution in [0.15, 0.2) is 22.6 Å². The summed E-state index contributed by atoms with van der Waals surface area (Å²) in [7, 11) is 1.21. The molecule has 7 heteroatoms. The summed E-state index contributed by atoms with van der Waals surface area (Å²) in [5.41, 5.74) is 0.315. The van der Waals surface area contributed by atoms with Gasteiger partial charge in [-0.1, -0.05) is 0 Å². The fourth-order valence-electron chi connectivity index (χ4n) is 1.75. The van der Waals surface area contributed by atoms with Gasteiger partial charge >= 0.3 is 12.3 Å². The van der Waals surface area contributed by atoms with Crippen LogP contribution in [-0.2, 0) is 4.74 Å². The van der Waals surface area contributed by atoms with Crippen LogP contribution in [0.3, 0.4) is 0 Å². The van der Waals surface area contributed by atoms with Crippen molar-refractivity contribution < 1.29 is 31.9 Å². The summed E-state index contributed by atoms with van der Waals surface area (Å²) in [6.07, 6.45) is -4.78. The summed E-state index contributed by atoms with van der Waals surface area (Å²) in [5.74, 6) is -0.753. The number of rotatable bonds is 2. The van der Waals surface area contributed by atoms with Crippen LogP contribution in [0.1, 0.15) is 16.1 Å². The number of benzene rings is 1. The predicted molar refractivity (Wildman–Crippen MR) is 59.0 cm³/mol. The van der Waals surface area contributed by atoms with E-state index in [1.807, 2.05) is 0 Å². The summed E-state index contributed by atoms with van der Waals surface area (Å²) in [4.78, 5) is 11.5. The van der Waals surface area contributed by atoms with Gasteiger partial charge in [-0.05, 0) is 19.1 Å². The van der Waals surface area contributed by atoms with Crippen LogP contribution in [0.2, 0.25) is 0 Å². The van der Waals surface area contributed by atoms with Crippen LogP contribution >= 0.6 is 0 Å². The van der Waals surface area contributed by atoms with Crippen molar-refractivity contribution in [1.29, 1.82) is 0 Å². The number of hydrogen-bond donors (Lipinski definition) is 0. The number of esters is 1. The van der Waals surface area contributed by atoms with Gasteiger partial charge in [0, 0.05) is 11.5 Å². The Morgan fingerprint density at radius 3 is 2.58 bits per heavy atom. The van der Waals surface area contributed by atoms with Crippen molar-refractivity contribution >= 4 is 16.9 Å². The van der Waals surface area contributed by atoms with Gasteiger partial charge in [-0.2, -0.15) is 0 Å². The molecule has 19 heavy (non-hydrogen) atoms. The van der Waals surface area contributed by atoms with Crippen molar-refractivity contribution in [3.05, 3.63) is 29.5 Å². The van der Waals surface area contributed by atoms with Gasteiger partial charge < -0.3 is 13.9 Å². The number of alkyl halides is 3. The molecular formula is C12H9F3O4. The van der Waals surface area contributed by atoms with Crippen LogP contribution in [0, 0.1) is 6.92 Å². The number of halogens is 3. The molecule has 0 saturated heterocycles. The number of hydrogen-bond acceptors (Lipinski definition) is 4. The molecule has 2 aromatic rings. The highest BCUT2D eigenvalue weighted by molar-refractivity contribution is 6.04. The normalized spacial score (nSPS) is 11.6. The van der Waals surface area contributed by atoms with E-state index in [0.717, 1.165) is 12.1 Å². The van der Waals surface area contributed by atoms with Gasteiger partial charge in [-0.25, -0.2) is 4.79 Å². The molecule has 4 nitrogen and oxygen atoms in total. The zero-order valence-electron chi connectivity index (χ0n) is 10.00. The number of aryl methyl sites for hydroxylation is 1. The van der Waals surface area contributed by atoms with E-state index in [2.05, 4.69) is 9.47 Å². The molecule has 0 fully saturated rings. The average molecular weight is 274 g/mol. The Labute approximate surface area is 105 Å². The molecular weight excluding hydrogens is 265 g/mol. The third kappa shape index (κ3) is 2.64. The highest BCUT2D eigenvalue weighted by Gasteiger charge is 2.31. The van der Waals surface area contributed by atoms with Crippen LogP contribution in [0.5, 0.6) is 5.75 Å². The first-order chi connectivity index (χ1) is 8.81. The van der Waals surface area contributed by atoms with Crippen molar-refractivity contribution in [3.63, 3.8) is 0 Å². The molecule has 0 N–H and O–H groups in total. The number of methoxy groups -OCH3 is 1. The monoisotopic (exact) mass is 274 g/mol. The molecule has 0 spiro atoms. The molecule has 1 aromatic heterocycles. The second-order valence-electron chi connectivity index (χ2n) is 3.73. The van der Waals surface area contributed by atoms with E-state index in [1.165, 1.54) is 20.1 Å². The summed E-state index contributed by atoms with van der Waals surface area (Å²) in [6.45, 7) is 1.52. The van der Waals surface area contributed by atoms with Gasteiger partial charge in [0.05, 0.1) is 7.11 Å². The molecule has 102 valence electrons. The van der Waals surface area contributed by atoms with E-state index in [0.29, 0.717) is 5.39 Å². The van der Waals surface area contributed by atoms with Crippen molar-refractivity contribution in [2.24, 2.45) is 0 Å². The minimum atomic E-state index is -4.78. The second kappa shape index (κ2) is 4.49. The molecule has 1 heterocycles. The second-order valence-corrected chi connectivity index (χ2v) is 3.73. The average Bonchev–Trinajstić information content (AvgIpc) is 2.61. The number of ether oxygens (including phenoxy) is 2. The lowest BCUT2D eigenvalue weighted by Gasteiger charge is -2.08. The van der Waals surface area contributed by atoms with E-state index < -0.39 is 18.1 Å². The number of carbonyl (C=O) groups excluding carboxylic acids is 1. The molecule has 0 aliphatic heterocycles. The topological polar surface area (TPSA) is 48.7 Å². The van der Waals surface area contributed by atoms with Crippen molar-refractivity contribution in [3.8, 4) is 5.75 Å². The SMILES string of the molecule is COC(=O)c1c(C)oc2cc(OC(F)(F)F)ccc12. The largest absolute Gasteiger partial charge is 0.573 e. The fourth-order valence-corrected chi connectivity index (χ4v) is 1.75. The first kappa shape index (κ1) is 13.3. The number of carbonyl (C=O) groups is 1. The van der Waals surface area contributed by atoms with Crippen LogP contribution in [0.25, 0.3) is 11.0 Å². The van der Waals surface area contributed by atoms with Crippen LogP contribution < -0.4 is 4.74 Å². The van der Waals surface area contributed by atoms with Gasteiger partial charge in [0.1, 0.15) is 22.7 Å². The fraction of sp³-hybridized carbons (Fsp3) is 0.250. The maximum Gasteiger partial charge on any atom is 0.573 e. The Bertz CT molecular complexity index is 628. The molecule has 2 rings (SSSR count). The first-order valence-corrected chi connectivity index (χ1v) is 5.19. The van der Waals surface area contributed by atoms with Gasteiger partial charge in [-0.3, -0.25) is 0 Å². The highest BCUT2D eigenvalue weighted by Crippen LogP contribution is 2.31. The van der Waals surface area contributed by atoms with E-state index in [4.69, 9.17) is 4.42 Å². The van der Waals surface area contributed by atoms with Gasteiger partial charge in [0.15, 0.2) is 0 Å². The van der Waals surface area contributed by atoms with Crippen LogP contribution in [0.4, 0.5) is 13.2 Å². The van der Waals surface area contributed by atoms with E-state index >= 15 is 0 Å². The number of furan rings is 1. The zero-order chi connectivity index (χ0) is 14.2. The Balaban J connectivity index is 2.49. The lowest BCUT2D eigenvalue weighted by molar-refractivity contribution is -0.274. The molecule has 0 saturated carbocycles. The molecule has 0 atom stereocenters. The molecule has 0 bridgehead atoms. The molecule has 1 aromatic carbocycles. The Morgan fingerprint density at radius 1 is 1.32 bits per heavy atom. The molecule has 0 unspecified atom stereocenters. The number of fused-ring (bicyclic) bond motifs is 1. The minimum absolute atomic E-state index is 0.125. The summed E-state index contributed by atoms with van der Waals surface area (Å²) in [5, 5.41) is 0.374. The van der Waals surface area contributed by atoms with Crippen molar-refractivity contribution in [2.75, 3.05) is 7.11 Å². The Morgan fingerprint density at radius 2 is 2.00 bits per heavy atom. The van der Waals surface area contributed by atoms with Gasteiger partial charge in [0.2, 0.25) is 0 Å².